The lowest BCUT2D eigenvalue weighted by Gasteiger charge is -2.38. The summed E-state index contributed by atoms with van der Waals surface area (Å²) >= 11 is 1.83. The molecule has 0 amide bonds. The molecule has 1 aliphatic carbocycles. The number of fused-ring (bicyclic) bond motifs is 1. The molecule has 0 spiro atoms. The van der Waals surface area contributed by atoms with Gasteiger partial charge in [-0.2, -0.15) is 0 Å². The van der Waals surface area contributed by atoms with Crippen LogP contribution in [0.15, 0.2) is 29.6 Å². The molecule has 1 saturated carbocycles. The average Bonchev–Trinajstić information content (AvgIpc) is 2.90. The molecule has 1 aromatic heterocycles. The van der Waals surface area contributed by atoms with Crippen LogP contribution in [-0.2, 0) is 0 Å². The van der Waals surface area contributed by atoms with Crippen LogP contribution < -0.4 is 5.73 Å². The third kappa shape index (κ3) is 3.02. The molecule has 1 unspecified atom stereocenters. The Morgan fingerprint density at radius 1 is 1.10 bits per heavy atom. The van der Waals surface area contributed by atoms with Crippen molar-refractivity contribution in [2.45, 2.75) is 52.5 Å². The van der Waals surface area contributed by atoms with Crippen molar-refractivity contribution < 1.29 is 0 Å². The van der Waals surface area contributed by atoms with Gasteiger partial charge < -0.3 is 5.73 Å². The van der Waals surface area contributed by atoms with Gasteiger partial charge in [0.25, 0.3) is 0 Å². The van der Waals surface area contributed by atoms with Crippen molar-refractivity contribution in [2.75, 3.05) is 0 Å². The zero-order chi connectivity index (χ0) is 15.0. The van der Waals surface area contributed by atoms with Crippen LogP contribution in [0.4, 0.5) is 0 Å². The summed E-state index contributed by atoms with van der Waals surface area (Å²) < 4.78 is 1.37. The summed E-state index contributed by atoms with van der Waals surface area (Å²) in [4.78, 5) is 0. The molecule has 0 saturated heterocycles. The summed E-state index contributed by atoms with van der Waals surface area (Å²) in [6.07, 6.45) is 5.24. The fourth-order valence-corrected chi connectivity index (χ4v) is 4.86. The predicted molar refractivity (Wildman–Crippen MR) is 93.7 cm³/mol. The van der Waals surface area contributed by atoms with Crippen LogP contribution in [0, 0.1) is 17.3 Å². The van der Waals surface area contributed by atoms with E-state index in [0.717, 1.165) is 5.92 Å². The van der Waals surface area contributed by atoms with Crippen LogP contribution in [0.1, 0.15) is 58.1 Å². The lowest BCUT2D eigenvalue weighted by molar-refractivity contribution is 0.140. The van der Waals surface area contributed by atoms with Crippen LogP contribution >= 0.6 is 11.3 Å². The van der Waals surface area contributed by atoms with Crippen molar-refractivity contribution in [3.05, 3.63) is 35.2 Å². The van der Waals surface area contributed by atoms with E-state index in [1.807, 2.05) is 11.3 Å². The molecule has 0 aliphatic heterocycles. The second-order valence-electron chi connectivity index (χ2n) is 7.69. The minimum atomic E-state index is 0.210. The first-order valence-electron chi connectivity index (χ1n) is 8.18. The van der Waals surface area contributed by atoms with Crippen LogP contribution in [0.3, 0.4) is 0 Å². The predicted octanol–water partition coefficient (Wildman–Crippen LogP) is 5.75. The van der Waals surface area contributed by atoms with Gasteiger partial charge in [0.05, 0.1) is 0 Å². The summed E-state index contributed by atoms with van der Waals surface area (Å²) in [7, 11) is 0. The molecule has 0 bridgehead atoms. The Kier molecular flexibility index (Phi) is 4.11. The van der Waals surface area contributed by atoms with E-state index in [0.29, 0.717) is 11.3 Å². The minimum absolute atomic E-state index is 0.210. The average molecular weight is 301 g/mol. The maximum Gasteiger partial charge on any atom is 0.0346 e. The molecular weight excluding hydrogens is 274 g/mol. The largest absolute Gasteiger partial charge is 0.324 e. The quantitative estimate of drug-likeness (QED) is 0.750. The van der Waals surface area contributed by atoms with Gasteiger partial charge in [-0.3, -0.25) is 0 Å². The van der Waals surface area contributed by atoms with Crippen molar-refractivity contribution in [1.82, 2.24) is 0 Å². The van der Waals surface area contributed by atoms with E-state index >= 15 is 0 Å². The van der Waals surface area contributed by atoms with E-state index in [1.54, 1.807) is 0 Å². The summed E-state index contributed by atoms with van der Waals surface area (Å²) in [5, 5.41) is 3.65. The Bertz CT molecular complexity index is 599. The zero-order valence-corrected chi connectivity index (χ0v) is 14.2. The maximum absolute atomic E-state index is 6.64. The second kappa shape index (κ2) is 5.73. The molecule has 0 radical (unpaired) electrons. The highest BCUT2D eigenvalue weighted by Gasteiger charge is 2.32. The van der Waals surface area contributed by atoms with Gasteiger partial charge in [-0.15, -0.1) is 11.3 Å². The fourth-order valence-electron chi connectivity index (χ4n) is 3.85. The molecule has 21 heavy (non-hydrogen) atoms. The highest BCUT2D eigenvalue weighted by Crippen LogP contribution is 2.44. The van der Waals surface area contributed by atoms with Crippen LogP contribution in [-0.4, -0.2) is 0 Å². The van der Waals surface area contributed by atoms with Crippen molar-refractivity contribution in [2.24, 2.45) is 23.0 Å². The van der Waals surface area contributed by atoms with Gasteiger partial charge in [-0.05, 0) is 65.3 Å². The van der Waals surface area contributed by atoms with Gasteiger partial charge >= 0.3 is 0 Å². The minimum Gasteiger partial charge on any atom is -0.324 e. The Hall–Kier alpha value is -0.860. The summed E-state index contributed by atoms with van der Waals surface area (Å²) in [5.74, 6) is 1.52. The van der Waals surface area contributed by atoms with E-state index in [2.05, 4.69) is 50.4 Å². The smallest absolute Gasteiger partial charge is 0.0346 e. The lowest BCUT2D eigenvalue weighted by atomic mass is 9.68. The third-order valence-electron chi connectivity index (χ3n) is 5.37. The van der Waals surface area contributed by atoms with Crippen molar-refractivity contribution >= 4 is 21.4 Å². The monoisotopic (exact) mass is 301 g/mol. The molecule has 1 fully saturated rings. The maximum atomic E-state index is 6.64. The Morgan fingerprint density at radius 3 is 2.43 bits per heavy atom. The normalized spacial score (nSPS) is 25.1. The van der Waals surface area contributed by atoms with Gasteiger partial charge in [0.15, 0.2) is 0 Å². The highest BCUT2D eigenvalue weighted by atomic mass is 32.1. The molecule has 1 heterocycles. The Morgan fingerprint density at radius 2 is 1.76 bits per heavy atom. The van der Waals surface area contributed by atoms with E-state index in [4.69, 9.17) is 5.73 Å². The molecule has 1 aliphatic rings. The molecule has 1 aromatic carbocycles. The summed E-state index contributed by atoms with van der Waals surface area (Å²) in [6, 6.07) is 8.88. The van der Waals surface area contributed by atoms with Gasteiger partial charge in [0.2, 0.25) is 0 Å². The standard InChI is InChI=1S/C19H27NS/c1-19(2,3)14-10-8-13(9-11-14)18(20)16-12-21-17-7-5-4-6-15(16)17/h4-7,12-14,18H,8-11,20H2,1-3H3. The summed E-state index contributed by atoms with van der Waals surface area (Å²) in [5.41, 5.74) is 8.46. The number of rotatable bonds is 2. The first-order chi connectivity index (χ1) is 9.97. The van der Waals surface area contributed by atoms with E-state index < -0.39 is 0 Å². The van der Waals surface area contributed by atoms with Gasteiger partial charge in [-0.25, -0.2) is 0 Å². The highest BCUT2D eigenvalue weighted by molar-refractivity contribution is 7.17. The van der Waals surface area contributed by atoms with Crippen molar-refractivity contribution in [3.63, 3.8) is 0 Å². The van der Waals surface area contributed by atoms with E-state index in [9.17, 15) is 0 Å². The number of hydrogen-bond donors (Lipinski definition) is 1. The molecule has 2 N–H and O–H groups in total. The fraction of sp³-hybridized carbons (Fsp3) is 0.579. The first kappa shape index (κ1) is 15.1. The molecule has 1 atom stereocenters. The van der Waals surface area contributed by atoms with Crippen LogP contribution in [0.2, 0.25) is 0 Å². The van der Waals surface area contributed by atoms with E-state index in [1.165, 1.54) is 41.3 Å². The van der Waals surface area contributed by atoms with Crippen molar-refractivity contribution in [3.8, 4) is 0 Å². The number of hydrogen-bond acceptors (Lipinski definition) is 2. The van der Waals surface area contributed by atoms with Gasteiger partial charge in [0.1, 0.15) is 0 Å². The SMILES string of the molecule is CC(C)(C)C1CCC(C(N)c2csc3ccccc23)CC1. The number of benzene rings is 1. The number of thiophene rings is 1. The zero-order valence-electron chi connectivity index (χ0n) is 13.4. The topological polar surface area (TPSA) is 26.0 Å². The van der Waals surface area contributed by atoms with Gasteiger partial charge in [0, 0.05) is 10.7 Å². The summed E-state index contributed by atoms with van der Waals surface area (Å²) in [6.45, 7) is 7.14. The molecule has 2 heteroatoms. The molecule has 1 nitrogen and oxygen atoms in total. The van der Waals surface area contributed by atoms with Crippen LogP contribution in [0.5, 0.6) is 0 Å². The lowest BCUT2D eigenvalue weighted by Crippen LogP contribution is -2.30. The van der Waals surface area contributed by atoms with E-state index in [-0.39, 0.29) is 6.04 Å². The number of nitrogens with two attached hydrogens (primary N) is 1. The first-order valence-corrected chi connectivity index (χ1v) is 9.06. The van der Waals surface area contributed by atoms with Crippen LogP contribution in [0.25, 0.3) is 10.1 Å². The Balaban J connectivity index is 1.74. The second-order valence-corrected chi connectivity index (χ2v) is 8.60. The molecule has 3 rings (SSSR count). The molecule has 2 aromatic rings. The third-order valence-corrected chi connectivity index (χ3v) is 6.36. The van der Waals surface area contributed by atoms with Gasteiger partial charge in [-0.1, -0.05) is 39.0 Å². The molecule has 114 valence electrons. The molecular formula is C19H27NS. The Labute approximate surface area is 132 Å². The van der Waals surface area contributed by atoms with Crippen molar-refractivity contribution in [1.29, 1.82) is 0 Å².